The third kappa shape index (κ3) is 2.38. The molecule has 96 valence electrons. The van der Waals surface area contributed by atoms with Gasteiger partial charge in [-0.25, -0.2) is 0 Å². The number of aliphatic hydroxyl groups excluding tert-OH is 2. The van der Waals surface area contributed by atoms with Crippen molar-refractivity contribution in [2.45, 2.75) is 13.0 Å². The fourth-order valence-corrected chi connectivity index (χ4v) is 2.90. The van der Waals surface area contributed by atoms with Crippen LogP contribution in [0.4, 0.5) is 0 Å². The first-order valence-electron chi connectivity index (χ1n) is 5.68. The van der Waals surface area contributed by atoms with Gasteiger partial charge in [-0.3, -0.25) is 4.79 Å². The maximum Gasteiger partial charge on any atom is 0.262 e. The second-order valence-corrected chi connectivity index (χ2v) is 5.14. The van der Waals surface area contributed by atoms with Crippen molar-refractivity contribution in [3.8, 4) is 0 Å². The molecule has 0 atom stereocenters. The first-order valence-corrected chi connectivity index (χ1v) is 6.49. The van der Waals surface area contributed by atoms with E-state index in [1.165, 1.54) is 11.3 Å². The van der Waals surface area contributed by atoms with Crippen LogP contribution in [-0.4, -0.2) is 35.4 Å². The number of amides is 1. The Morgan fingerprint density at radius 3 is 2.61 bits per heavy atom. The standard InChI is InChI=1S/C13H15NO3S/c1-8-10-4-2-3-5-11(10)18-12(8)13(17)14-9(6-15)7-16/h2-5,9,15-16H,6-7H2,1H3,(H,14,17). The lowest BCUT2D eigenvalue weighted by Gasteiger charge is -2.12. The average Bonchev–Trinajstić information content (AvgIpc) is 2.74. The Balaban J connectivity index is 2.30. The Hall–Kier alpha value is -1.43. The Kier molecular flexibility index (Phi) is 3.96. The van der Waals surface area contributed by atoms with Crippen LogP contribution in [0.25, 0.3) is 10.1 Å². The first kappa shape index (κ1) is 13.0. The minimum atomic E-state index is -0.609. The first-order chi connectivity index (χ1) is 8.67. The molecular formula is C13H15NO3S. The molecule has 0 spiro atoms. The summed E-state index contributed by atoms with van der Waals surface area (Å²) in [7, 11) is 0. The van der Waals surface area contributed by atoms with Gasteiger partial charge in [0.2, 0.25) is 0 Å². The third-order valence-electron chi connectivity index (χ3n) is 2.83. The molecule has 0 unspecified atom stereocenters. The van der Waals surface area contributed by atoms with Crippen molar-refractivity contribution < 1.29 is 15.0 Å². The summed E-state index contributed by atoms with van der Waals surface area (Å²) in [4.78, 5) is 12.7. The van der Waals surface area contributed by atoms with Crippen LogP contribution in [0, 0.1) is 6.92 Å². The predicted molar refractivity (Wildman–Crippen MR) is 72.0 cm³/mol. The van der Waals surface area contributed by atoms with E-state index in [9.17, 15) is 4.79 Å². The van der Waals surface area contributed by atoms with Crippen LogP contribution < -0.4 is 5.32 Å². The number of nitrogens with one attached hydrogen (secondary N) is 1. The number of thiophene rings is 1. The minimum absolute atomic E-state index is 0.248. The van der Waals surface area contributed by atoms with Crippen molar-refractivity contribution in [1.29, 1.82) is 0 Å². The van der Waals surface area contributed by atoms with Gasteiger partial charge in [-0.2, -0.15) is 0 Å². The van der Waals surface area contributed by atoms with E-state index in [0.717, 1.165) is 15.6 Å². The monoisotopic (exact) mass is 265 g/mol. The van der Waals surface area contributed by atoms with Crippen molar-refractivity contribution in [3.05, 3.63) is 34.7 Å². The smallest absolute Gasteiger partial charge is 0.262 e. The summed E-state index contributed by atoms with van der Waals surface area (Å²) in [6.07, 6.45) is 0. The van der Waals surface area contributed by atoms with Gasteiger partial charge in [0, 0.05) is 4.70 Å². The lowest BCUT2D eigenvalue weighted by Crippen LogP contribution is -2.39. The summed E-state index contributed by atoms with van der Waals surface area (Å²) >= 11 is 1.42. The fraction of sp³-hybridized carbons (Fsp3) is 0.308. The SMILES string of the molecule is Cc1c(C(=O)NC(CO)CO)sc2ccccc12. The molecule has 0 fully saturated rings. The summed E-state index contributed by atoms with van der Waals surface area (Å²) < 4.78 is 1.06. The molecule has 0 saturated carbocycles. The van der Waals surface area contributed by atoms with Crippen molar-refractivity contribution in [3.63, 3.8) is 0 Å². The highest BCUT2D eigenvalue weighted by molar-refractivity contribution is 7.21. The molecular weight excluding hydrogens is 250 g/mol. The summed E-state index contributed by atoms with van der Waals surface area (Å²) in [5, 5.41) is 21.6. The van der Waals surface area contributed by atoms with E-state index in [0.29, 0.717) is 4.88 Å². The molecule has 2 rings (SSSR count). The molecule has 1 aromatic carbocycles. The van der Waals surface area contributed by atoms with E-state index >= 15 is 0 Å². The van der Waals surface area contributed by atoms with Crippen molar-refractivity contribution in [2.24, 2.45) is 0 Å². The number of hydrogen-bond acceptors (Lipinski definition) is 4. The Bertz CT molecular complexity index is 560. The molecule has 0 radical (unpaired) electrons. The number of rotatable bonds is 4. The Labute approximate surface area is 109 Å². The van der Waals surface area contributed by atoms with Gasteiger partial charge in [-0.05, 0) is 23.9 Å². The van der Waals surface area contributed by atoms with Gasteiger partial charge < -0.3 is 15.5 Å². The quantitative estimate of drug-likeness (QED) is 0.780. The van der Waals surface area contributed by atoms with Gasteiger partial charge in [0.15, 0.2) is 0 Å². The van der Waals surface area contributed by atoms with Crippen molar-refractivity contribution in [1.82, 2.24) is 5.32 Å². The molecule has 0 bridgehead atoms. The van der Waals surface area contributed by atoms with Crippen LogP contribution in [0.15, 0.2) is 24.3 Å². The second kappa shape index (κ2) is 5.48. The maximum absolute atomic E-state index is 12.0. The Morgan fingerprint density at radius 2 is 2.00 bits per heavy atom. The van der Waals surface area contributed by atoms with Gasteiger partial charge in [0.1, 0.15) is 0 Å². The van der Waals surface area contributed by atoms with E-state index < -0.39 is 6.04 Å². The van der Waals surface area contributed by atoms with Crippen LogP contribution in [-0.2, 0) is 0 Å². The summed E-state index contributed by atoms with van der Waals surface area (Å²) in [6.45, 7) is 1.36. The fourth-order valence-electron chi connectivity index (χ4n) is 1.79. The molecule has 1 heterocycles. The largest absolute Gasteiger partial charge is 0.394 e. The lowest BCUT2D eigenvalue weighted by molar-refractivity contribution is 0.0883. The van der Waals surface area contributed by atoms with Crippen LogP contribution in [0.5, 0.6) is 0 Å². The van der Waals surface area contributed by atoms with Crippen LogP contribution in [0.3, 0.4) is 0 Å². The minimum Gasteiger partial charge on any atom is -0.394 e. The van der Waals surface area contributed by atoms with Gasteiger partial charge >= 0.3 is 0 Å². The molecule has 0 aliphatic heterocycles. The summed E-state index contributed by atoms with van der Waals surface area (Å²) in [6, 6.07) is 7.22. The molecule has 1 aromatic heterocycles. The molecule has 3 N–H and O–H groups in total. The maximum atomic E-state index is 12.0. The summed E-state index contributed by atoms with van der Waals surface area (Å²) in [5.74, 6) is -0.248. The zero-order valence-corrected chi connectivity index (χ0v) is 10.8. The molecule has 0 aliphatic rings. The lowest BCUT2D eigenvalue weighted by atomic mass is 10.1. The number of aryl methyl sites for hydroxylation is 1. The zero-order chi connectivity index (χ0) is 13.1. The van der Waals surface area contributed by atoms with Crippen LogP contribution in [0.2, 0.25) is 0 Å². The highest BCUT2D eigenvalue weighted by atomic mass is 32.1. The number of benzene rings is 1. The van der Waals surface area contributed by atoms with Gasteiger partial charge in [0.25, 0.3) is 5.91 Å². The van der Waals surface area contributed by atoms with E-state index in [1.807, 2.05) is 31.2 Å². The predicted octanol–water partition coefficient (Wildman–Crippen LogP) is 1.29. The van der Waals surface area contributed by atoms with Crippen LogP contribution >= 0.6 is 11.3 Å². The number of fused-ring (bicyclic) bond motifs is 1. The van der Waals surface area contributed by atoms with Crippen molar-refractivity contribution in [2.75, 3.05) is 13.2 Å². The normalized spacial score (nSPS) is 11.1. The Morgan fingerprint density at radius 1 is 1.33 bits per heavy atom. The molecule has 1 amide bonds. The highest BCUT2D eigenvalue weighted by Crippen LogP contribution is 2.30. The van der Waals surface area contributed by atoms with Gasteiger partial charge in [0.05, 0.1) is 24.1 Å². The van der Waals surface area contributed by atoms with Crippen molar-refractivity contribution >= 4 is 27.3 Å². The summed E-state index contributed by atoms with van der Waals surface area (Å²) in [5.41, 5.74) is 0.933. The van der Waals surface area contributed by atoms with E-state index in [2.05, 4.69) is 5.32 Å². The molecule has 5 heteroatoms. The zero-order valence-electron chi connectivity index (χ0n) is 10.0. The topological polar surface area (TPSA) is 69.6 Å². The van der Waals surface area contributed by atoms with E-state index in [-0.39, 0.29) is 19.1 Å². The van der Waals surface area contributed by atoms with E-state index in [4.69, 9.17) is 10.2 Å². The average molecular weight is 265 g/mol. The number of aliphatic hydroxyl groups is 2. The molecule has 0 aliphatic carbocycles. The highest BCUT2D eigenvalue weighted by Gasteiger charge is 2.17. The molecule has 0 saturated heterocycles. The molecule has 18 heavy (non-hydrogen) atoms. The molecule has 2 aromatic rings. The number of carbonyl (C=O) groups is 1. The second-order valence-electron chi connectivity index (χ2n) is 4.09. The van der Waals surface area contributed by atoms with Gasteiger partial charge in [-0.1, -0.05) is 18.2 Å². The van der Waals surface area contributed by atoms with E-state index in [1.54, 1.807) is 0 Å². The third-order valence-corrected chi connectivity index (χ3v) is 4.10. The van der Waals surface area contributed by atoms with Gasteiger partial charge in [-0.15, -0.1) is 11.3 Å². The number of hydrogen-bond donors (Lipinski definition) is 3. The molecule has 4 nitrogen and oxygen atoms in total. The number of carbonyl (C=O) groups excluding carboxylic acids is 1. The van der Waals surface area contributed by atoms with Crippen LogP contribution in [0.1, 0.15) is 15.2 Å².